The fraction of sp³-hybridized carbons (Fsp3) is 0.143. The van der Waals surface area contributed by atoms with Crippen LogP contribution in [-0.4, -0.2) is 8.42 Å². The standard InChI is InChI=1S/C14H14ClFN2O2S/c15-13-7-10(4-5-14(13)16)8-18-21(19,20)9-11-2-1-3-12(17)6-11/h1-7,18H,8-9,17H2. The highest BCUT2D eigenvalue weighted by Crippen LogP contribution is 2.16. The number of anilines is 1. The molecule has 0 radical (unpaired) electrons. The van der Waals surface area contributed by atoms with Gasteiger partial charge in [-0.1, -0.05) is 29.8 Å². The van der Waals surface area contributed by atoms with E-state index in [-0.39, 0.29) is 17.3 Å². The number of hydrogen-bond donors (Lipinski definition) is 2. The maximum Gasteiger partial charge on any atom is 0.216 e. The predicted molar refractivity (Wildman–Crippen MR) is 81.7 cm³/mol. The van der Waals surface area contributed by atoms with E-state index in [0.717, 1.165) is 0 Å². The summed E-state index contributed by atoms with van der Waals surface area (Å²) in [6.45, 7) is 0.0463. The Bertz CT molecular complexity index is 750. The van der Waals surface area contributed by atoms with Crippen molar-refractivity contribution in [1.82, 2.24) is 4.72 Å². The molecule has 0 aliphatic rings. The zero-order chi connectivity index (χ0) is 15.5. The summed E-state index contributed by atoms with van der Waals surface area (Å²) in [4.78, 5) is 0. The number of nitrogens with two attached hydrogens (primary N) is 1. The highest BCUT2D eigenvalue weighted by Gasteiger charge is 2.12. The maximum atomic E-state index is 13.0. The summed E-state index contributed by atoms with van der Waals surface area (Å²) in [5, 5.41) is -0.0393. The molecule has 0 atom stereocenters. The molecule has 0 spiro atoms. The molecule has 2 rings (SSSR count). The summed E-state index contributed by atoms with van der Waals surface area (Å²) in [6.07, 6.45) is 0. The van der Waals surface area contributed by atoms with Gasteiger partial charge in [0.1, 0.15) is 5.82 Å². The van der Waals surface area contributed by atoms with E-state index in [2.05, 4.69) is 4.72 Å². The van der Waals surface area contributed by atoms with Gasteiger partial charge in [-0.2, -0.15) is 0 Å². The van der Waals surface area contributed by atoms with Crippen LogP contribution in [0, 0.1) is 5.82 Å². The zero-order valence-electron chi connectivity index (χ0n) is 11.0. The van der Waals surface area contributed by atoms with Gasteiger partial charge >= 0.3 is 0 Å². The van der Waals surface area contributed by atoms with Crippen LogP contribution in [0.4, 0.5) is 10.1 Å². The first-order valence-corrected chi connectivity index (χ1v) is 8.14. The summed E-state index contributed by atoms with van der Waals surface area (Å²) < 4.78 is 39.4. The molecule has 112 valence electrons. The normalized spacial score (nSPS) is 11.5. The van der Waals surface area contributed by atoms with Crippen LogP contribution in [0.1, 0.15) is 11.1 Å². The number of halogens is 2. The Kier molecular flexibility index (Phi) is 4.82. The average Bonchev–Trinajstić information content (AvgIpc) is 2.40. The topological polar surface area (TPSA) is 72.2 Å². The number of nitrogens with one attached hydrogen (secondary N) is 1. The summed E-state index contributed by atoms with van der Waals surface area (Å²) in [5.74, 6) is -0.713. The van der Waals surface area contributed by atoms with E-state index < -0.39 is 15.8 Å². The van der Waals surface area contributed by atoms with Crippen molar-refractivity contribution < 1.29 is 12.8 Å². The molecule has 0 aliphatic carbocycles. The molecule has 0 saturated carbocycles. The van der Waals surface area contributed by atoms with Gasteiger partial charge in [0.2, 0.25) is 10.0 Å². The first kappa shape index (κ1) is 15.8. The highest BCUT2D eigenvalue weighted by atomic mass is 35.5. The summed E-state index contributed by atoms with van der Waals surface area (Å²) in [7, 11) is -3.51. The van der Waals surface area contributed by atoms with Gasteiger partial charge in [-0.15, -0.1) is 0 Å². The molecule has 0 saturated heterocycles. The third kappa shape index (κ3) is 4.70. The molecule has 2 aromatic rings. The van der Waals surface area contributed by atoms with Crippen molar-refractivity contribution in [3.63, 3.8) is 0 Å². The van der Waals surface area contributed by atoms with Crippen molar-refractivity contribution in [2.75, 3.05) is 5.73 Å². The van der Waals surface area contributed by atoms with E-state index in [1.807, 2.05) is 0 Å². The molecule has 0 fully saturated rings. The molecule has 21 heavy (non-hydrogen) atoms. The van der Waals surface area contributed by atoms with Gasteiger partial charge in [-0.05, 0) is 35.4 Å². The average molecular weight is 329 g/mol. The van der Waals surface area contributed by atoms with Gasteiger partial charge < -0.3 is 5.73 Å². The molecule has 0 aromatic heterocycles. The second-order valence-corrected chi connectivity index (χ2v) is 6.79. The molecule has 4 nitrogen and oxygen atoms in total. The lowest BCUT2D eigenvalue weighted by Gasteiger charge is -2.08. The fourth-order valence-electron chi connectivity index (χ4n) is 1.80. The monoisotopic (exact) mass is 328 g/mol. The number of benzene rings is 2. The largest absolute Gasteiger partial charge is 0.399 e. The predicted octanol–water partition coefficient (Wildman–Crippen LogP) is 2.68. The van der Waals surface area contributed by atoms with Crippen LogP contribution in [0.3, 0.4) is 0 Å². The van der Waals surface area contributed by atoms with Crippen LogP contribution in [0.2, 0.25) is 5.02 Å². The molecular weight excluding hydrogens is 315 g/mol. The zero-order valence-corrected chi connectivity index (χ0v) is 12.6. The minimum atomic E-state index is -3.51. The first-order chi connectivity index (χ1) is 9.85. The highest BCUT2D eigenvalue weighted by molar-refractivity contribution is 7.88. The number of nitrogen functional groups attached to an aromatic ring is 1. The Labute approximate surface area is 127 Å². The minimum absolute atomic E-state index is 0.0393. The van der Waals surface area contributed by atoms with Crippen LogP contribution in [-0.2, 0) is 22.3 Å². The van der Waals surface area contributed by atoms with Crippen molar-refractivity contribution in [1.29, 1.82) is 0 Å². The van der Waals surface area contributed by atoms with Gasteiger partial charge in [-0.3, -0.25) is 0 Å². The van der Waals surface area contributed by atoms with Crippen LogP contribution < -0.4 is 10.5 Å². The first-order valence-electron chi connectivity index (χ1n) is 6.11. The molecule has 0 bridgehead atoms. The molecular formula is C14H14ClFN2O2S. The summed E-state index contributed by atoms with van der Waals surface area (Å²) in [5.41, 5.74) is 7.29. The molecule has 0 unspecified atom stereocenters. The van der Waals surface area contributed by atoms with E-state index in [1.54, 1.807) is 24.3 Å². The van der Waals surface area contributed by atoms with Crippen LogP contribution in [0.25, 0.3) is 0 Å². The summed E-state index contributed by atoms with van der Waals surface area (Å²) >= 11 is 5.64. The smallest absolute Gasteiger partial charge is 0.216 e. The van der Waals surface area contributed by atoms with Crippen molar-refractivity contribution in [3.8, 4) is 0 Å². The van der Waals surface area contributed by atoms with Crippen molar-refractivity contribution in [2.45, 2.75) is 12.3 Å². The van der Waals surface area contributed by atoms with Crippen LogP contribution >= 0.6 is 11.6 Å². The minimum Gasteiger partial charge on any atom is -0.399 e. The SMILES string of the molecule is Nc1cccc(CS(=O)(=O)NCc2ccc(F)c(Cl)c2)c1. The lowest BCUT2D eigenvalue weighted by atomic mass is 10.2. The molecule has 7 heteroatoms. The van der Waals surface area contributed by atoms with Gasteiger partial charge in [0.25, 0.3) is 0 Å². The Morgan fingerprint density at radius 2 is 1.90 bits per heavy atom. The number of rotatable bonds is 5. The molecule has 3 N–H and O–H groups in total. The van der Waals surface area contributed by atoms with Crippen molar-refractivity contribution >= 4 is 27.3 Å². The third-order valence-corrected chi connectivity index (χ3v) is 4.38. The van der Waals surface area contributed by atoms with E-state index in [4.69, 9.17) is 17.3 Å². The Morgan fingerprint density at radius 1 is 1.14 bits per heavy atom. The quantitative estimate of drug-likeness (QED) is 0.829. The fourth-order valence-corrected chi connectivity index (χ4v) is 3.11. The van der Waals surface area contributed by atoms with Gasteiger partial charge in [0, 0.05) is 12.2 Å². The Hall–Kier alpha value is -1.63. The Morgan fingerprint density at radius 3 is 2.57 bits per heavy atom. The molecule has 2 aromatic carbocycles. The van der Waals surface area contributed by atoms with Gasteiger partial charge in [-0.25, -0.2) is 17.5 Å². The van der Waals surface area contributed by atoms with E-state index >= 15 is 0 Å². The second-order valence-electron chi connectivity index (χ2n) is 4.57. The van der Waals surface area contributed by atoms with Crippen molar-refractivity contribution in [2.24, 2.45) is 0 Å². The Balaban J connectivity index is 2.02. The number of hydrogen-bond acceptors (Lipinski definition) is 3. The van der Waals surface area contributed by atoms with E-state index in [9.17, 15) is 12.8 Å². The number of sulfonamides is 1. The van der Waals surface area contributed by atoms with Gasteiger partial charge in [0.05, 0.1) is 10.8 Å². The lowest BCUT2D eigenvalue weighted by molar-refractivity contribution is 0.580. The molecule has 0 amide bonds. The summed E-state index contributed by atoms with van der Waals surface area (Å²) in [6, 6.07) is 10.7. The van der Waals surface area contributed by atoms with E-state index in [1.165, 1.54) is 18.2 Å². The van der Waals surface area contributed by atoms with Crippen LogP contribution in [0.5, 0.6) is 0 Å². The molecule has 0 heterocycles. The maximum absolute atomic E-state index is 13.0. The van der Waals surface area contributed by atoms with Crippen molar-refractivity contribution in [3.05, 3.63) is 64.4 Å². The van der Waals surface area contributed by atoms with E-state index in [0.29, 0.717) is 16.8 Å². The lowest BCUT2D eigenvalue weighted by Crippen LogP contribution is -2.24. The second kappa shape index (κ2) is 6.43. The van der Waals surface area contributed by atoms with Gasteiger partial charge in [0.15, 0.2) is 0 Å². The third-order valence-electron chi connectivity index (χ3n) is 2.79. The molecule has 0 aliphatic heterocycles. The van der Waals surface area contributed by atoms with Crippen LogP contribution in [0.15, 0.2) is 42.5 Å².